The molecule has 0 saturated heterocycles. The van der Waals surface area contributed by atoms with E-state index in [2.05, 4.69) is 0 Å². The molecule has 0 spiro atoms. The fourth-order valence-corrected chi connectivity index (χ4v) is 8.49. The van der Waals surface area contributed by atoms with E-state index in [1.165, 1.54) is 0 Å². The van der Waals surface area contributed by atoms with Crippen LogP contribution in [0.15, 0.2) is 0 Å². The molecule has 0 bridgehead atoms. The fourth-order valence-electron chi connectivity index (χ4n) is 4.25. The first-order valence-electron chi connectivity index (χ1n) is 8.66. The Hall–Kier alpha value is -1.32. The predicted octanol–water partition coefficient (Wildman–Crippen LogP) is 7.57. The van der Waals surface area contributed by atoms with Crippen LogP contribution in [-0.4, -0.2) is 77.9 Å². The van der Waals surface area contributed by atoms with Gasteiger partial charge in [-0.25, -0.2) is 8.78 Å². The van der Waals surface area contributed by atoms with Crippen molar-refractivity contribution in [2.75, 3.05) is 0 Å². The van der Waals surface area contributed by atoms with Gasteiger partial charge in [0.1, 0.15) is 0 Å². The quantitative estimate of drug-likeness (QED) is 0.221. The molecule has 2 aliphatic carbocycles. The van der Waals surface area contributed by atoms with Gasteiger partial charge in [0.05, 0.1) is 0 Å². The van der Waals surface area contributed by atoms with Gasteiger partial charge in [0, 0.05) is 0 Å². The van der Waals surface area contributed by atoms with E-state index in [0.29, 0.717) is 0 Å². The van der Waals surface area contributed by atoms with Crippen molar-refractivity contribution in [2.45, 2.75) is 82.9 Å². The minimum absolute atomic E-state index is 1.65. The highest BCUT2D eigenvalue weighted by Crippen LogP contribution is 2.77. The summed E-state index contributed by atoms with van der Waals surface area (Å²) < 4.78 is 308. The summed E-state index contributed by atoms with van der Waals surface area (Å²) in [7, 11) is -9.09. The van der Waals surface area contributed by atoms with Crippen LogP contribution in [0.4, 0.5) is 96.6 Å². The second kappa shape index (κ2) is 6.69. The van der Waals surface area contributed by atoms with Crippen molar-refractivity contribution in [1.29, 1.82) is 0 Å². The average molecular weight is 620 g/mol. The smallest absolute Gasteiger partial charge is 0.234 e. The minimum Gasteiger partial charge on any atom is -0.234 e. The van der Waals surface area contributed by atoms with Crippen molar-refractivity contribution in [3.8, 4) is 0 Å². The largest absolute Gasteiger partial charge is 0.384 e. The Kier molecular flexibility index (Phi) is 5.77. The third-order valence-electron chi connectivity index (χ3n) is 6.61. The van der Waals surface area contributed by atoms with Crippen molar-refractivity contribution in [3.63, 3.8) is 0 Å². The second-order valence-electron chi connectivity index (χ2n) is 8.69. The molecule has 0 heterocycles. The maximum atomic E-state index is 15.3. The van der Waals surface area contributed by atoms with Crippen molar-refractivity contribution in [1.82, 2.24) is 0 Å². The molecule has 0 aliphatic heterocycles. The zero-order valence-electron chi connectivity index (χ0n) is 16.8. The first-order chi connectivity index (χ1) is 15.5. The summed E-state index contributed by atoms with van der Waals surface area (Å²) in [6.07, 6.45) is 0. The van der Waals surface area contributed by atoms with Crippen LogP contribution in [0.3, 0.4) is 0 Å². The van der Waals surface area contributed by atoms with Crippen LogP contribution >= 0.6 is 0 Å². The van der Waals surface area contributed by atoms with E-state index in [1.54, 1.807) is 0 Å². The molecule has 2 aliphatic rings. The summed E-state index contributed by atoms with van der Waals surface area (Å²) >= 11 is 0. The third-order valence-corrected chi connectivity index (χ3v) is 11.3. The molecular formula is C14H6F22Si. The zero-order valence-corrected chi connectivity index (χ0v) is 17.8. The molecule has 23 heteroatoms. The van der Waals surface area contributed by atoms with Crippen molar-refractivity contribution in [3.05, 3.63) is 0 Å². The monoisotopic (exact) mass is 620 g/mol. The Labute approximate surface area is 188 Å². The molecule has 0 atom stereocenters. The topological polar surface area (TPSA) is 0 Å². The minimum atomic E-state index is -9.09. The normalized spacial score (nSPS) is 34.4. The lowest BCUT2D eigenvalue weighted by Crippen LogP contribution is -2.97. The van der Waals surface area contributed by atoms with E-state index in [0.717, 1.165) is 0 Å². The van der Waals surface area contributed by atoms with Gasteiger partial charge in [0.15, 0.2) is 8.07 Å². The lowest BCUT2D eigenvalue weighted by molar-refractivity contribution is -0.483. The van der Waals surface area contributed by atoms with Gasteiger partial charge >= 0.3 is 59.2 Å². The molecule has 0 nitrogen and oxygen atoms in total. The van der Waals surface area contributed by atoms with Gasteiger partial charge in [-0.05, 0) is 0 Å². The number of alkyl halides is 22. The first-order valence-corrected chi connectivity index (χ1v) is 11.7. The van der Waals surface area contributed by atoms with E-state index in [4.69, 9.17) is 0 Å². The Bertz CT molecular complexity index is 838. The van der Waals surface area contributed by atoms with Crippen LogP contribution in [0.5, 0.6) is 0 Å². The highest BCUT2D eigenvalue weighted by atomic mass is 28.3. The number of halogens is 22. The third kappa shape index (κ3) is 2.38. The van der Waals surface area contributed by atoms with Gasteiger partial charge < -0.3 is 0 Å². The highest BCUT2D eigenvalue weighted by molar-refractivity contribution is 6.84. The van der Waals surface area contributed by atoms with Crippen LogP contribution in [0.1, 0.15) is 0 Å². The molecule has 0 N–H and O–H groups in total. The molecule has 220 valence electrons. The van der Waals surface area contributed by atoms with Crippen LogP contribution in [0.25, 0.3) is 0 Å². The maximum absolute atomic E-state index is 15.3. The van der Waals surface area contributed by atoms with Crippen molar-refractivity contribution in [2.24, 2.45) is 0 Å². The number of rotatable bonds is 2. The van der Waals surface area contributed by atoms with Crippen molar-refractivity contribution >= 4 is 8.07 Å². The van der Waals surface area contributed by atoms with E-state index in [9.17, 15) is 87.8 Å². The maximum Gasteiger partial charge on any atom is 0.384 e. The summed E-state index contributed by atoms with van der Waals surface area (Å²) in [5.41, 5.74) is 0. The number of hydrogen-bond acceptors (Lipinski definition) is 0. The molecule has 2 fully saturated rings. The molecule has 2 saturated carbocycles. The molecular weight excluding hydrogens is 614 g/mol. The molecule has 0 aromatic rings. The van der Waals surface area contributed by atoms with Gasteiger partial charge in [0.2, 0.25) is 10.6 Å². The highest BCUT2D eigenvalue weighted by Gasteiger charge is 3.10. The van der Waals surface area contributed by atoms with E-state index in [1.807, 2.05) is 0 Å². The van der Waals surface area contributed by atoms with Crippen molar-refractivity contribution < 1.29 is 96.6 Å². The van der Waals surface area contributed by atoms with E-state index in [-0.39, 0.29) is 0 Å². The van der Waals surface area contributed by atoms with Crippen LogP contribution in [0, 0.1) is 0 Å². The Morgan fingerprint density at radius 1 is 0.243 bits per heavy atom. The van der Waals surface area contributed by atoms with Gasteiger partial charge in [-0.3, -0.25) is 0 Å². The van der Waals surface area contributed by atoms with E-state index >= 15 is 8.78 Å². The molecule has 0 aromatic heterocycles. The standard InChI is InChI=1S/C14H6F22Si/c1-37(2,13(35)9(27,28)5(19,20)3(15,16)6(21,22)10(13,29)30)14(36)11(31,32)7(23,24)4(17,18)8(25,26)12(14,33)34/h1-2H3. The summed E-state index contributed by atoms with van der Waals surface area (Å²) in [5.74, 6) is -83.1. The Morgan fingerprint density at radius 3 is 0.486 bits per heavy atom. The average Bonchev–Trinajstić information content (AvgIpc) is 2.68. The molecule has 0 aromatic carbocycles. The summed E-state index contributed by atoms with van der Waals surface area (Å²) in [6, 6.07) is 0. The summed E-state index contributed by atoms with van der Waals surface area (Å²) in [5, 5.41) is -16.4. The van der Waals surface area contributed by atoms with E-state index < -0.39 is 91.0 Å². The summed E-state index contributed by atoms with van der Waals surface area (Å²) in [4.78, 5) is 0. The lowest BCUT2D eigenvalue weighted by Gasteiger charge is -2.63. The summed E-state index contributed by atoms with van der Waals surface area (Å²) in [6.45, 7) is -3.30. The second-order valence-corrected chi connectivity index (χ2v) is 13.3. The Morgan fingerprint density at radius 2 is 0.351 bits per heavy atom. The molecule has 0 amide bonds. The fraction of sp³-hybridized carbons (Fsp3) is 1.00. The van der Waals surface area contributed by atoms with Gasteiger partial charge in [0.25, 0.3) is 0 Å². The van der Waals surface area contributed by atoms with Crippen LogP contribution < -0.4 is 0 Å². The van der Waals surface area contributed by atoms with Gasteiger partial charge in [-0.1, -0.05) is 13.1 Å². The van der Waals surface area contributed by atoms with Crippen LogP contribution in [-0.2, 0) is 0 Å². The Balaban J connectivity index is 3.23. The van der Waals surface area contributed by atoms with Crippen LogP contribution in [0.2, 0.25) is 13.1 Å². The zero-order chi connectivity index (χ0) is 30.5. The van der Waals surface area contributed by atoms with Gasteiger partial charge in [-0.15, -0.1) is 0 Å². The predicted molar refractivity (Wildman–Crippen MR) is 74.6 cm³/mol. The molecule has 0 unspecified atom stereocenters. The first kappa shape index (κ1) is 31.9. The lowest BCUT2D eigenvalue weighted by atomic mass is 9.79. The molecule has 37 heavy (non-hydrogen) atoms. The molecule has 2 rings (SSSR count). The van der Waals surface area contributed by atoms with Gasteiger partial charge in [-0.2, -0.15) is 87.8 Å². The SMILES string of the molecule is C[Si](C)(C1(F)C(F)(F)C(F)(F)C(F)(F)C(F)(F)C1(F)F)C1(F)C(F)(F)C(F)(F)C(F)(F)C(F)(F)C1(F)F. The molecule has 0 radical (unpaired) electrons. The number of hydrogen-bond donors (Lipinski definition) is 0.